The molecular weight excluding hydrogens is 609 g/mol. The molecule has 2 bridgehead atoms. The summed E-state index contributed by atoms with van der Waals surface area (Å²) in [5.41, 5.74) is 1.34. The first kappa shape index (κ1) is 26.3. The number of ether oxygens (including phenoxy) is 1. The molecule has 1 aromatic carbocycles. The van der Waals surface area contributed by atoms with Crippen LogP contribution in [0.3, 0.4) is 0 Å². The number of rotatable bonds is 9. The molecule has 8 nitrogen and oxygen atoms in total. The highest BCUT2D eigenvalue weighted by molar-refractivity contribution is 14.1. The van der Waals surface area contributed by atoms with Crippen molar-refractivity contribution in [3.63, 3.8) is 0 Å². The van der Waals surface area contributed by atoms with Crippen molar-refractivity contribution in [2.75, 3.05) is 24.1 Å². The third-order valence-corrected chi connectivity index (χ3v) is 11.4. The van der Waals surface area contributed by atoms with Gasteiger partial charge in [-0.1, -0.05) is 41.7 Å². The first-order valence-corrected chi connectivity index (χ1v) is 15.8. The van der Waals surface area contributed by atoms with E-state index in [1.807, 2.05) is 18.2 Å². The van der Waals surface area contributed by atoms with Gasteiger partial charge in [-0.05, 0) is 74.3 Å². The molecule has 2 saturated carbocycles. The molecule has 3 fully saturated rings. The van der Waals surface area contributed by atoms with E-state index in [2.05, 4.69) is 40.3 Å². The van der Waals surface area contributed by atoms with Crippen LogP contribution in [0.1, 0.15) is 61.0 Å². The Bertz CT molecular complexity index is 1300. The van der Waals surface area contributed by atoms with Crippen LogP contribution in [-0.2, 0) is 11.8 Å². The average molecular weight is 649 g/mol. The molecule has 6 N–H and O–H groups in total. The molecule has 1 aromatic heterocycles. The summed E-state index contributed by atoms with van der Waals surface area (Å²) < 4.78 is 12.8. The van der Waals surface area contributed by atoms with Gasteiger partial charge in [-0.15, -0.1) is 5.01 Å². The number of quaternary nitrogens is 1. The van der Waals surface area contributed by atoms with E-state index in [-0.39, 0.29) is 11.8 Å². The highest BCUT2D eigenvalue weighted by Gasteiger charge is 2.70. The summed E-state index contributed by atoms with van der Waals surface area (Å²) in [6.07, 6.45) is 9.12. The molecule has 7 atom stereocenters. The molecule has 3 heterocycles. The van der Waals surface area contributed by atoms with Crippen molar-refractivity contribution in [3.8, 4) is 11.5 Å². The standard InChI is InChI=1S/C30H38IN3O5/c1-17-10-21(17)23-11-19(15-38-23)4-7-26(36)34(32)14-25-29-8-9-33(13-18-2-3-18)24(30(29,37)16-31)12-20-5-6-22(35)28(39-25)27(20)29/h4-7,11,15,17-18,21,24-26,35-37H,2-3,8-10,12-14,16,32H2,1H3/p+1. The minimum Gasteiger partial charge on any atom is -0.504 e. The van der Waals surface area contributed by atoms with Gasteiger partial charge in [0, 0.05) is 34.1 Å². The average Bonchev–Trinajstić information content (AvgIpc) is 3.80. The second-order valence-electron chi connectivity index (χ2n) is 12.6. The molecule has 0 amide bonds. The van der Waals surface area contributed by atoms with Crippen LogP contribution in [0.4, 0.5) is 0 Å². The topological polar surface area (TPSA) is 117 Å². The van der Waals surface area contributed by atoms with Crippen LogP contribution in [0, 0.1) is 11.8 Å². The molecule has 7 unspecified atom stereocenters. The Kier molecular flexibility index (Phi) is 6.37. The molecule has 0 radical (unpaired) electrons. The van der Waals surface area contributed by atoms with Crippen molar-refractivity contribution in [3.05, 3.63) is 53.0 Å². The Balaban J connectivity index is 1.16. The number of aliphatic hydroxyl groups excluding tert-OH is 1. The second kappa shape index (κ2) is 9.46. The summed E-state index contributed by atoms with van der Waals surface area (Å²) in [5.74, 6) is 7.70. The first-order valence-electron chi connectivity index (χ1n) is 14.3. The molecule has 3 aliphatic carbocycles. The largest absolute Gasteiger partial charge is 0.504 e. The summed E-state index contributed by atoms with van der Waals surface area (Å²) in [5, 5.41) is 36.1. The van der Waals surface area contributed by atoms with Crippen molar-refractivity contribution in [2.24, 2.45) is 11.8 Å². The lowest BCUT2D eigenvalue weighted by Gasteiger charge is -2.60. The van der Waals surface area contributed by atoms with E-state index in [1.165, 1.54) is 12.8 Å². The molecule has 39 heavy (non-hydrogen) atoms. The van der Waals surface area contributed by atoms with Gasteiger partial charge in [-0.3, -0.25) is 10.7 Å². The second-order valence-corrected chi connectivity index (χ2v) is 13.4. The lowest BCUT2D eigenvalue weighted by atomic mass is 9.53. The molecule has 9 heteroatoms. The summed E-state index contributed by atoms with van der Waals surface area (Å²) in [6.45, 7) is 4.45. The van der Waals surface area contributed by atoms with E-state index in [1.54, 1.807) is 23.4 Å². The van der Waals surface area contributed by atoms with Crippen LogP contribution >= 0.6 is 22.6 Å². The summed E-state index contributed by atoms with van der Waals surface area (Å²) >= 11 is 2.33. The quantitative estimate of drug-likeness (QED) is 0.143. The van der Waals surface area contributed by atoms with Crippen LogP contribution in [0.5, 0.6) is 11.5 Å². The molecule has 2 aromatic rings. The minimum atomic E-state index is -1.02. The summed E-state index contributed by atoms with van der Waals surface area (Å²) in [7, 11) is 0. The Morgan fingerprint density at radius 3 is 2.85 bits per heavy atom. The Morgan fingerprint density at radius 1 is 1.33 bits per heavy atom. The number of benzene rings is 1. The number of hydrogen-bond acceptors (Lipinski definition) is 7. The van der Waals surface area contributed by atoms with Crippen molar-refractivity contribution in [1.82, 2.24) is 9.91 Å². The van der Waals surface area contributed by atoms with Crippen molar-refractivity contribution in [1.29, 1.82) is 0 Å². The zero-order valence-corrected chi connectivity index (χ0v) is 24.6. The maximum Gasteiger partial charge on any atom is 0.172 e. The van der Waals surface area contributed by atoms with Crippen molar-refractivity contribution < 1.29 is 30.3 Å². The van der Waals surface area contributed by atoms with E-state index >= 15 is 0 Å². The van der Waals surface area contributed by atoms with Crippen LogP contribution in [0.15, 0.2) is 35.0 Å². The molecule has 2 aliphatic heterocycles. The van der Waals surface area contributed by atoms with Gasteiger partial charge < -0.3 is 24.5 Å². The zero-order valence-electron chi connectivity index (χ0n) is 22.4. The predicted octanol–water partition coefficient (Wildman–Crippen LogP) is 2.80. The third-order valence-electron chi connectivity index (χ3n) is 10.2. The maximum absolute atomic E-state index is 12.6. The predicted molar refractivity (Wildman–Crippen MR) is 154 cm³/mol. The molecule has 7 rings (SSSR count). The van der Waals surface area contributed by atoms with Gasteiger partial charge in [0.15, 0.2) is 17.7 Å². The van der Waals surface area contributed by atoms with E-state index in [0.717, 1.165) is 60.7 Å². The molecule has 1 saturated heterocycles. The number of aliphatic hydroxyl groups is 2. The number of furan rings is 1. The van der Waals surface area contributed by atoms with Gasteiger partial charge in [0.05, 0.1) is 18.2 Å². The van der Waals surface area contributed by atoms with Gasteiger partial charge in [-0.2, -0.15) is 0 Å². The number of alkyl halides is 1. The highest BCUT2D eigenvalue weighted by atomic mass is 127. The Labute approximate surface area is 242 Å². The Hall–Kier alpha value is -1.63. The van der Waals surface area contributed by atoms with Gasteiger partial charge in [0.25, 0.3) is 0 Å². The smallest absolute Gasteiger partial charge is 0.172 e. The number of hydrogen-bond donors (Lipinski definition) is 4. The molecule has 210 valence electrons. The monoisotopic (exact) mass is 648 g/mol. The number of aromatic hydroxyl groups is 1. The lowest BCUT2D eigenvalue weighted by Crippen LogP contribution is -2.78. The van der Waals surface area contributed by atoms with Crippen molar-refractivity contribution >= 4 is 28.7 Å². The van der Waals surface area contributed by atoms with Crippen molar-refractivity contribution in [2.45, 2.75) is 74.3 Å². The fourth-order valence-corrected chi connectivity index (χ4v) is 8.82. The summed E-state index contributed by atoms with van der Waals surface area (Å²) in [6, 6.07) is 5.77. The summed E-state index contributed by atoms with van der Waals surface area (Å²) in [4.78, 5) is 2.51. The maximum atomic E-state index is 12.6. The van der Waals surface area contributed by atoms with Gasteiger partial charge in [-0.25, -0.2) is 0 Å². The Morgan fingerprint density at radius 2 is 2.13 bits per heavy atom. The zero-order chi connectivity index (χ0) is 27.1. The number of phenolic OH excluding ortho intramolecular Hbond substituents is 1. The van der Waals surface area contributed by atoms with Crippen LogP contribution < -0.4 is 10.6 Å². The number of fused-ring (bicyclic) bond motifs is 1. The number of phenols is 1. The van der Waals surface area contributed by atoms with Crippen LogP contribution in [-0.4, -0.2) is 73.3 Å². The highest BCUT2D eigenvalue weighted by Crippen LogP contribution is 2.62. The SMILES string of the molecule is CC1CC1c1cc(C=CC(O)N([NH3+])CC2Oc3c(O)ccc4c3C23CCN(CC2CC2)C(C4)C3(O)CI)co1. The fraction of sp³-hybridized carbons (Fsp3) is 0.600. The number of piperidine rings is 1. The van der Waals surface area contributed by atoms with Gasteiger partial charge in [0.2, 0.25) is 0 Å². The third kappa shape index (κ3) is 4.10. The van der Waals surface area contributed by atoms with Gasteiger partial charge >= 0.3 is 0 Å². The van der Waals surface area contributed by atoms with E-state index < -0.39 is 23.3 Å². The van der Waals surface area contributed by atoms with Crippen LogP contribution in [0.25, 0.3) is 6.08 Å². The number of halogens is 1. The molecule has 5 aliphatic rings. The molecular formula is C30H39IN3O5+. The van der Waals surface area contributed by atoms with Crippen LogP contribution in [0.2, 0.25) is 0 Å². The minimum absolute atomic E-state index is 0.00889. The fourth-order valence-electron chi connectivity index (χ4n) is 7.63. The molecule has 1 spiro atoms. The van der Waals surface area contributed by atoms with E-state index in [0.29, 0.717) is 28.6 Å². The lowest BCUT2D eigenvalue weighted by molar-refractivity contribution is -0.598. The van der Waals surface area contributed by atoms with E-state index in [9.17, 15) is 15.3 Å². The normalized spacial score (nSPS) is 35.8. The first-order chi connectivity index (χ1) is 18.7. The number of nitrogens with zero attached hydrogens (tertiary/aromatic N) is 2. The van der Waals surface area contributed by atoms with Gasteiger partial charge in [0.1, 0.15) is 17.5 Å². The number of likely N-dealkylation sites (tertiary alicyclic amines) is 1. The van der Waals surface area contributed by atoms with E-state index in [4.69, 9.17) is 9.15 Å².